The molecule has 0 aliphatic carbocycles. The summed E-state index contributed by atoms with van der Waals surface area (Å²) in [5.41, 5.74) is 6.39. The molecule has 2 aromatic heterocycles. The molecule has 2 heterocycles. The van der Waals surface area contributed by atoms with E-state index in [1.807, 2.05) is 25.1 Å². The van der Waals surface area contributed by atoms with Crippen molar-refractivity contribution in [3.63, 3.8) is 0 Å². The Morgan fingerprint density at radius 3 is 2.89 bits per heavy atom. The molecule has 0 amide bonds. The predicted octanol–water partition coefficient (Wildman–Crippen LogP) is 3.89. The SMILES string of the molecule is CCCOc1nc(NCc2ccc(Br)s2)ccc1N. The van der Waals surface area contributed by atoms with Crippen LogP contribution in [0, 0.1) is 0 Å². The zero-order chi connectivity index (χ0) is 13.7. The Kier molecular flexibility index (Phi) is 5.04. The van der Waals surface area contributed by atoms with Gasteiger partial charge in [-0.1, -0.05) is 6.92 Å². The van der Waals surface area contributed by atoms with Gasteiger partial charge in [0.05, 0.1) is 22.6 Å². The van der Waals surface area contributed by atoms with Gasteiger partial charge in [0.25, 0.3) is 0 Å². The van der Waals surface area contributed by atoms with Crippen molar-refractivity contribution >= 4 is 38.8 Å². The quantitative estimate of drug-likeness (QED) is 0.836. The van der Waals surface area contributed by atoms with E-state index in [9.17, 15) is 0 Å². The number of thiophene rings is 1. The van der Waals surface area contributed by atoms with E-state index in [0.29, 0.717) is 18.2 Å². The largest absolute Gasteiger partial charge is 0.476 e. The number of halogens is 1. The molecule has 4 nitrogen and oxygen atoms in total. The van der Waals surface area contributed by atoms with Crippen LogP contribution in [0.5, 0.6) is 5.88 Å². The third-order valence-corrected chi connectivity index (χ3v) is 4.03. The minimum Gasteiger partial charge on any atom is -0.476 e. The number of hydrogen-bond acceptors (Lipinski definition) is 5. The topological polar surface area (TPSA) is 60.2 Å². The highest BCUT2D eigenvalue weighted by atomic mass is 79.9. The first-order valence-corrected chi connectivity index (χ1v) is 7.67. The fraction of sp³-hybridized carbons (Fsp3) is 0.308. The van der Waals surface area contributed by atoms with Crippen LogP contribution in [0.2, 0.25) is 0 Å². The van der Waals surface area contributed by atoms with Crippen LogP contribution in [0.3, 0.4) is 0 Å². The van der Waals surface area contributed by atoms with Crippen molar-refractivity contribution in [1.82, 2.24) is 4.98 Å². The highest BCUT2D eigenvalue weighted by Crippen LogP contribution is 2.24. The van der Waals surface area contributed by atoms with E-state index < -0.39 is 0 Å². The van der Waals surface area contributed by atoms with Crippen LogP contribution >= 0.6 is 27.3 Å². The number of nitrogen functional groups attached to an aromatic ring is 1. The molecule has 19 heavy (non-hydrogen) atoms. The predicted molar refractivity (Wildman–Crippen MR) is 83.8 cm³/mol. The summed E-state index contributed by atoms with van der Waals surface area (Å²) in [4.78, 5) is 5.60. The molecule has 2 rings (SSSR count). The Bertz CT molecular complexity index is 544. The number of hydrogen-bond donors (Lipinski definition) is 2. The van der Waals surface area contributed by atoms with E-state index in [1.54, 1.807) is 11.3 Å². The number of nitrogens with zero attached hydrogens (tertiary/aromatic N) is 1. The molecule has 102 valence electrons. The highest BCUT2D eigenvalue weighted by Gasteiger charge is 2.04. The maximum atomic E-state index is 5.82. The van der Waals surface area contributed by atoms with Gasteiger partial charge in [0.1, 0.15) is 5.82 Å². The van der Waals surface area contributed by atoms with E-state index in [0.717, 1.165) is 22.6 Å². The van der Waals surface area contributed by atoms with E-state index in [-0.39, 0.29) is 0 Å². The standard InChI is InChI=1S/C13H16BrN3OS/c1-2-7-18-13-10(15)4-6-12(17-13)16-8-9-3-5-11(14)19-9/h3-6H,2,7-8,15H2,1H3,(H,16,17). The number of rotatable bonds is 6. The molecule has 3 N–H and O–H groups in total. The van der Waals surface area contributed by atoms with Gasteiger partial charge in [-0.3, -0.25) is 0 Å². The van der Waals surface area contributed by atoms with Gasteiger partial charge in [0, 0.05) is 4.88 Å². The molecule has 0 atom stereocenters. The van der Waals surface area contributed by atoms with E-state index in [4.69, 9.17) is 10.5 Å². The van der Waals surface area contributed by atoms with Gasteiger partial charge in [-0.05, 0) is 46.6 Å². The van der Waals surface area contributed by atoms with Gasteiger partial charge >= 0.3 is 0 Å². The first kappa shape index (κ1) is 14.1. The Hall–Kier alpha value is -1.27. The summed E-state index contributed by atoms with van der Waals surface area (Å²) in [5.74, 6) is 1.27. The molecule has 0 aliphatic heterocycles. The summed E-state index contributed by atoms with van der Waals surface area (Å²) in [7, 11) is 0. The second kappa shape index (κ2) is 6.77. The Morgan fingerprint density at radius 2 is 2.21 bits per heavy atom. The van der Waals surface area contributed by atoms with Crippen LogP contribution in [-0.4, -0.2) is 11.6 Å². The van der Waals surface area contributed by atoms with Crippen molar-refractivity contribution < 1.29 is 4.74 Å². The normalized spacial score (nSPS) is 10.4. The highest BCUT2D eigenvalue weighted by molar-refractivity contribution is 9.11. The van der Waals surface area contributed by atoms with Crippen LogP contribution in [0.4, 0.5) is 11.5 Å². The van der Waals surface area contributed by atoms with Crippen LogP contribution in [0.15, 0.2) is 28.1 Å². The van der Waals surface area contributed by atoms with Gasteiger partial charge in [0.15, 0.2) is 0 Å². The van der Waals surface area contributed by atoms with Crippen molar-refractivity contribution in [2.24, 2.45) is 0 Å². The summed E-state index contributed by atoms with van der Waals surface area (Å²) >= 11 is 5.15. The summed E-state index contributed by atoms with van der Waals surface area (Å²) in [5, 5.41) is 3.26. The number of ether oxygens (including phenoxy) is 1. The third kappa shape index (κ3) is 4.11. The molecule has 0 spiro atoms. The molecular formula is C13H16BrN3OS. The fourth-order valence-corrected chi connectivity index (χ4v) is 2.91. The maximum absolute atomic E-state index is 5.82. The first-order valence-electron chi connectivity index (χ1n) is 6.06. The summed E-state index contributed by atoms with van der Waals surface area (Å²) < 4.78 is 6.63. The van der Waals surface area contributed by atoms with Gasteiger partial charge in [-0.15, -0.1) is 11.3 Å². The monoisotopic (exact) mass is 341 g/mol. The molecular weight excluding hydrogens is 326 g/mol. The van der Waals surface area contributed by atoms with Crippen LogP contribution in [-0.2, 0) is 6.54 Å². The Morgan fingerprint density at radius 1 is 1.37 bits per heavy atom. The lowest BCUT2D eigenvalue weighted by atomic mass is 10.4. The Labute approximate surface area is 125 Å². The Balaban J connectivity index is 2.00. The van der Waals surface area contributed by atoms with Crippen LogP contribution in [0.1, 0.15) is 18.2 Å². The molecule has 0 fully saturated rings. The van der Waals surface area contributed by atoms with Crippen molar-refractivity contribution in [2.45, 2.75) is 19.9 Å². The van der Waals surface area contributed by atoms with Crippen molar-refractivity contribution in [3.05, 3.63) is 32.9 Å². The lowest BCUT2D eigenvalue weighted by Crippen LogP contribution is -2.05. The molecule has 0 saturated heterocycles. The van der Waals surface area contributed by atoms with Crippen molar-refractivity contribution in [2.75, 3.05) is 17.7 Å². The average Bonchev–Trinajstić information content (AvgIpc) is 2.82. The number of nitrogens with one attached hydrogen (secondary N) is 1. The fourth-order valence-electron chi connectivity index (χ4n) is 1.49. The molecule has 0 radical (unpaired) electrons. The number of anilines is 2. The van der Waals surface area contributed by atoms with Crippen molar-refractivity contribution in [1.29, 1.82) is 0 Å². The molecule has 6 heteroatoms. The number of aromatic nitrogens is 1. The van der Waals surface area contributed by atoms with Gasteiger partial charge in [-0.2, -0.15) is 4.98 Å². The molecule has 0 aliphatic rings. The summed E-state index contributed by atoms with van der Waals surface area (Å²) in [6.45, 7) is 3.41. The average molecular weight is 342 g/mol. The van der Waals surface area contributed by atoms with E-state index >= 15 is 0 Å². The van der Waals surface area contributed by atoms with E-state index in [1.165, 1.54) is 4.88 Å². The van der Waals surface area contributed by atoms with Gasteiger partial charge in [0.2, 0.25) is 5.88 Å². The van der Waals surface area contributed by atoms with Gasteiger partial charge in [-0.25, -0.2) is 0 Å². The van der Waals surface area contributed by atoms with Gasteiger partial charge < -0.3 is 15.8 Å². The number of nitrogens with two attached hydrogens (primary N) is 1. The number of pyridine rings is 1. The zero-order valence-corrected chi connectivity index (χ0v) is 13.1. The lowest BCUT2D eigenvalue weighted by molar-refractivity contribution is 0.307. The smallest absolute Gasteiger partial charge is 0.239 e. The lowest BCUT2D eigenvalue weighted by Gasteiger charge is -2.09. The minimum absolute atomic E-state index is 0.499. The minimum atomic E-state index is 0.499. The molecule has 0 unspecified atom stereocenters. The van der Waals surface area contributed by atoms with Crippen LogP contribution in [0.25, 0.3) is 0 Å². The first-order chi connectivity index (χ1) is 9.19. The van der Waals surface area contributed by atoms with E-state index in [2.05, 4.69) is 32.3 Å². The molecule has 0 saturated carbocycles. The van der Waals surface area contributed by atoms with Crippen molar-refractivity contribution in [3.8, 4) is 5.88 Å². The molecule has 0 bridgehead atoms. The third-order valence-electron chi connectivity index (χ3n) is 2.41. The summed E-state index contributed by atoms with van der Waals surface area (Å²) in [6, 6.07) is 7.78. The van der Waals surface area contributed by atoms with Crippen LogP contribution < -0.4 is 15.8 Å². The summed E-state index contributed by atoms with van der Waals surface area (Å²) in [6.07, 6.45) is 0.933. The second-order valence-electron chi connectivity index (χ2n) is 4.00. The molecule has 0 aromatic carbocycles. The molecule has 2 aromatic rings. The second-order valence-corrected chi connectivity index (χ2v) is 6.55. The zero-order valence-electron chi connectivity index (χ0n) is 10.6. The maximum Gasteiger partial charge on any atom is 0.239 e.